The summed E-state index contributed by atoms with van der Waals surface area (Å²) in [6.45, 7) is 2.44. The number of carbonyl (C=O) groups excluding carboxylic acids is 1. The van der Waals surface area contributed by atoms with E-state index in [2.05, 4.69) is 9.84 Å². The van der Waals surface area contributed by atoms with E-state index in [1.165, 1.54) is 18.3 Å². The van der Waals surface area contributed by atoms with Gasteiger partial charge in [-0.15, -0.1) is 13.2 Å². The van der Waals surface area contributed by atoms with E-state index in [-0.39, 0.29) is 16.9 Å². The predicted molar refractivity (Wildman–Crippen MR) is 65.4 cm³/mol. The molecule has 7 heteroatoms. The monoisotopic (exact) mass is 284 g/mol. The van der Waals surface area contributed by atoms with Crippen LogP contribution in [-0.4, -0.2) is 22.4 Å². The third-order valence-electron chi connectivity index (χ3n) is 2.63. The topological polar surface area (TPSA) is 44.1 Å². The molecule has 0 bridgehead atoms. The SMILES string of the molecule is CCn1cc(-c2cc(C=O)ccc2OC(F)(F)F)cn1. The first-order chi connectivity index (χ1) is 9.43. The van der Waals surface area contributed by atoms with Crippen molar-refractivity contribution in [2.24, 2.45) is 0 Å². The summed E-state index contributed by atoms with van der Waals surface area (Å²) in [6, 6.07) is 3.72. The first kappa shape index (κ1) is 14.1. The highest BCUT2D eigenvalue weighted by molar-refractivity contribution is 5.81. The van der Waals surface area contributed by atoms with Crippen LogP contribution in [0.25, 0.3) is 11.1 Å². The molecule has 1 aromatic heterocycles. The maximum Gasteiger partial charge on any atom is 0.573 e. The van der Waals surface area contributed by atoms with Gasteiger partial charge in [-0.05, 0) is 25.1 Å². The maximum absolute atomic E-state index is 12.4. The lowest BCUT2D eigenvalue weighted by atomic mass is 10.1. The fourth-order valence-electron chi connectivity index (χ4n) is 1.74. The Hall–Kier alpha value is -2.31. The highest BCUT2D eigenvalue weighted by Gasteiger charge is 2.32. The van der Waals surface area contributed by atoms with Crippen LogP contribution in [0.2, 0.25) is 0 Å². The lowest BCUT2D eigenvalue weighted by molar-refractivity contribution is -0.274. The summed E-state index contributed by atoms with van der Waals surface area (Å²) < 4.78 is 42.7. The Morgan fingerprint density at radius 1 is 1.40 bits per heavy atom. The zero-order valence-electron chi connectivity index (χ0n) is 10.5. The highest BCUT2D eigenvalue weighted by atomic mass is 19.4. The number of benzene rings is 1. The van der Waals surface area contributed by atoms with E-state index < -0.39 is 6.36 Å². The average Bonchev–Trinajstić information content (AvgIpc) is 2.86. The molecule has 1 heterocycles. The zero-order valence-corrected chi connectivity index (χ0v) is 10.5. The molecule has 0 spiro atoms. The summed E-state index contributed by atoms with van der Waals surface area (Å²) in [4.78, 5) is 10.8. The smallest absolute Gasteiger partial charge is 0.405 e. The second kappa shape index (κ2) is 5.36. The van der Waals surface area contributed by atoms with Crippen molar-refractivity contribution in [3.63, 3.8) is 0 Å². The molecule has 106 valence electrons. The van der Waals surface area contributed by atoms with Gasteiger partial charge in [0.2, 0.25) is 0 Å². The van der Waals surface area contributed by atoms with Gasteiger partial charge < -0.3 is 4.74 Å². The van der Waals surface area contributed by atoms with Crippen molar-refractivity contribution < 1.29 is 22.7 Å². The van der Waals surface area contributed by atoms with Gasteiger partial charge in [-0.25, -0.2) is 0 Å². The molecule has 2 aromatic rings. The second-order valence-corrected chi connectivity index (χ2v) is 4.01. The summed E-state index contributed by atoms with van der Waals surface area (Å²) in [5.74, 6) is -0.362. The van der Waals surface area contributed by atoms with Crippen LogP contribution in [0, 0.1) is 0 Å². The number of aldehydes is 1. The molecule has 0 aliphatic rings. The van der Waals surface area contributed by atoms with E-state index in [1.54, 1.807) is 10.9 Å². The summed E-state index contributed by atoms with van der Waals surface area (Å²) in [5, 5.41) is 4.00. The number of nitrogens with zero attached hydrogens (tertiary/aromatic N) is 2. The number of aromatic nitrogens is 2. The van der Waals surface area contributed by atoms with Crippen LogP contribution < -0.4 is 4.74 Å². The third-order valence-corrected chi connectivity index (χ3v) is 2.63. The molecule has 0 unspecified atom stereocenters. The lowest BCUT2D eigenvalue weighted by Crippen LogP contribution is -2.17. The van der Waals surface area contributed by atoms with E-state index >= 15 is 0 Å². The molecule has 0 saturated carbocycles. The normalized spacial score (nSPS) is 11.4. The number of hydrogen-bond acceptors (Lipinski definition) is 3. The van der Waals surface area contributed by atoms with E-state index in [9.17, 15) is 18.0 Å². The zero-order chi connectivity index (χ0) is 14.8. The summed E-state index contributed by atoms with van der Waals surface area (Å²) >= 11 is 0. The van der Waals surface area contributed by atoms with Crippen molar-refractivity contribution in [2.75, 3.05) is 0 Å². The van der Waals surface area contributed by atoms with Crippen LogP contribution in [0.3, 0.4) is 0 Å². The lowest BCUT2D eigenvalue weighted by Gasteiger charge is -2.12. The summed E-state index contributed by atoms with van der Waals surface area (Å²) in [5.41, 5.74) is 0.889. The van der Waals surface area contributed by atoms with E-state index in [1.807, 2.05) is 6.92 Å². The standard InChI is InChI=1S/C13H11F3N2O2/c1-2-18-7-10(6-17-18)11-5-9(8-19)3-4-12(11)20-13(14,15)16/h3-8H,2H2,1H3. The minimum atomic E-state index is -4.79. The first-order valence-electron chi connectivity index (χ1n) is 5.80. The molecule has 2 rings (SSSR count). The van der Waals surface area contributed by atoms with Gasteiger partial charge in [-0.2, -0.15) is 5.10 Å². The van der Waals surface area contributed by atoms with Gasteiger partial charge in [0.1, 0.15) is 12.0 Å². The molecule has 0 saturated heterocycles. The van der Waals surface area contributed by atoms with Crippen LogP contribution >= 0.6 is 0 Å². The Morgan fingerprint density at radius 2 is 2.15 bits per heavy atom. The second-order valence-electron chi connectivity index (χ2n) is 4.01. The minimum absolute atomic E-state index is 0.173. The number of carbonyl (C=O) groups is 1. The van der Waals surface area contributed by atoms with Crippen LogP contribution in [0.5, 0.6) is 5.75 Å². The fourth-order valence-corrected chi connectivity index (χ4v) is 1.74. The fraction of sp³-hybridized carbons (Fsp3) is 0.231. The molecule has 20 heavy (non-hydrogen) atoms. The molecule has 0 radical (unpaired) electrons. The van der Waals surface area contributed by atoms with Gasteiger partial charge in [0.25, 0.3) is 0 Å². The molecule has 1 aromatic carbocycles. The van der Waals surface area contributed by atoms with Gasteiger partial charge in [-0.3, -0.25) is 9.48 Å². The molecule has 0 aliphatic heterocycles. The Morgan fingerprint density at radius 3 is 2.70 bits per heavy atom. The van der Waals surface area contributed by atoms with Gasteiger partial charge in [0.05, 0.1) is 6.20 Å². The Kier molecular flexibility index (Phi) is 3.78. The Bertz CT molecular complexity index is 620. The van der Waals surface area contributed by atoms with Gasteiger partial charge in [-0.1, -0.05) is 0 Å². The van der Waals surface area contributed by atoms with Crippen LogP contribution in [0.15, 0.2) is 30.6 Å². The average molecular weight is 284 g/mol. The maximum atomic E-state index is 12.4. The van der Waals surface area contributed by atoms with Crippen molar-refractivity contribution in [1.82, 2.24) is 9.78 Å². The number of hydrogen-bond donors (Lipinski definition) is 0. The van der Waals surface area contributed by atoms with Crippen molar-refractivity contribution in [3.8, 4) is 16.9 Å². The highest BCUT2D eigenvalue weighted by Crippen LogP contribution is 2.34. The van der Waals surface area contributed by atoms with Gasteiger partial charge >= 0.3 is 6.36 Å². The quantitative estimate of drug-likeness (QED) is 0.809. The molecule has 0 amide bonds. The molecule has 0 aliphatic carbocycles. The van der Waals surface area contributed by atoms with Gasteiger partial charge in [0.15, 0.2) is 0 Å². The molecule has 4 nitrogen and oxygen atoms in total. The first-order valence-corrected chi connectivity index (χ1v) is 5.80. The largest absolute Gasteiger partial charge is 0.573 e. The predicted octanol–water partition coefficient (Wildman–Crippen LogP) is 3.28. The summed E-state index contributed by atoms with van der Waals surface area (Å²) in [7, 11) is 0. The molecule has 0 N–H and O–H groups in total. The van der Waals surface area contributed by atoms with Crippen molar-refractivity contribution in [2.45, 2.75) is 19.8 Å². The number of rotatable bonds is 4. The minimum Gasteiger partial charge on any atom is -0.405 e. The number of alkyl halides is 3. The third kappa shape index (κ3) is 3.17. The van der Waals surface area contributed by atoms with E-state index in [0.29, 0.717) is 18.4 Å². The molecular formula is C13H11F3N2O2. The van der Waals surface area contributed by atoms with E-state index in [4.69, 9.17) is 0 Å². The molecular weight excluding hydrogens is 273 g/mol. The van der Waals surface area contributed by atoms with Crippen molar-refractivity contribution >= 4 is 6.29 Å². The van der Waals surface area contributed by atoms with Crippen LogP contribution in [0.4, 0.5) is 13.2 Å². The number of halogens is 3. The van der Waals surface area contributed by atoms with Crippen LogP contribution in [0.1, 0.15) is 17.3 Å². The van der Waals surface area contributed by atoms with Crippen molar-refractivity contribution in [3.05, 3.63) is 36.2 Å². The Balaban J connectivity index is 2.49. The number of ether oxygens (including phenoxy) is 1. The van der Waals surface area contributed by atoms with Crippen molar-refractivity contribution in [1.29, 1.82) is 0 Å². The molecule has 0 fully saturated rings. The number of aryl methyl sites for hydroxylation is 1. The van der Waals surface area contributed by atoms with Crippen LogP contribution in [-0.2, 0) is 6.54 Å². The summed E-state index contributed by atoms with van der Waals surface area (Å²) in [6.07, 6.45) is -1.22. The Labute approximate surface area is 112 Å². The molecule has 0 atom stereocenters. The van der Waals surface area contributed by atoms with Gasteiger partial charge in [0, 0.05) is 29.4 Å². The van der Waals surface area contributed by atoms with E-state index in [0.717, 1.165) is 6.07 Å².